The average Bonchev–Trinajstić information content (AvgIpc) is 2.73. The van der Waals surface area contributed by atoms with E-state index in [0.29, 0.717) is 5.92 Å². The Kier molecular flexibility index (Phi) is 7.00. The second-order valence-electron chi connectivity index (χ2n) is 9.00. The predicted octanol–water partition coefficient (Wildman–Crippen LogP) is 4.77. The van der Waals surface area contributed by atoms with Crippen molar-refractivity contribution in [2.24, 2.45) is 5.92 Å². The summed E-state index contributed by atoms with van der Waals surface area (Å²) in [7, 11) is -0.738. The first-order chi connectivity index (χ1) is 13.9. The zero-order valence-corrected chi connectivity index (χ0v) is 19.4. The molecule has 0 radical (unpaired) electrons. The number of rotatable bonds is 5. The van der Waals surface area contributed by atoms with E-state index in [4.69, 9.17) is 9.16 Å². The first kappa shape index (κ1) is 21.8. The van der Waals surface area contributed by atoms with Gasteiger partial charge in [0, 0.05) is 13.0 Å². The van der Waals surface area contributed by atoms with Crippen molar-refractivity contribution in [2.75, 3.05) is 7.11 Å². The lowest BCUT2D eigenvalue weighted by Crippen LogP contribution is -2.68. The van der Waals surface area contributed by atoms with Crippen molar-refractivity contribution in [3.05, 3.63) is 60.7 Å². The van der Waals surface area contributed by atoms with Gasteiger partial charge in [0.1, 0.15) is 0 Å². The van der Waals surface area contributed by atoms with Crippen LogP contribution < -0.4 is 10.4 Å². The van der Waals surface area contributed by atoms with Gasteiger partial charge in [0.05, 0.1) is 12.2 Å². The normalized spacial score (nSPS) is 22.6. The first-order valence-corrected chi connectivity index (χ1v) is 12.6. The summed E-state index contributed by atoms with van der Waals surface area (Å²) in [6.45, 7) is 8.91. The van der Waals surface area contributed by atoms with Crippen LogP contribution in [0, 0.1) is 17.8 Å². The molecule has 3 atom stereocenters. The molecule has 1 fully saturated rings. The quantitative estimate of drug-likeness (QED) is 0.526. The van der Waals surface area contributed by atoms with E-state index in [-0.39, 0.29) is 17.2 Å². The highest BCUT2D eigenvalue weighted by atomic mass is 28.4. The van der Waals surface area contributed by atoms with Crippen LogP contribution in [0.4, 0.5) is 0 Å². The van der Waals surface area contributed by atoms with Gasteiger partial charge in [-0.3, -0.25) is 0 Å². The Balaban J connectivity index is 2.07. The molecule has 154 valence electrons. The predicted molar refractivity (Wildman–Crippen MR) is 124 cm³/mol. The summed E-state index contributed by atoms with van der Waals surface area (Å²) in [4.78, 5) is 0. The number of benzene rings is 2. The maximum atomic E-state index is 7.31. The maximum absolute atomic E-state index is 7.31. The largest absolute Gasteiger partial charge is 0.402 e. The van der Waals surface area contributed by atoms with E-state index in [1.807, 2.05) is 14.0 Å². The summed E-state index contributed by atoms with van der Waals surface area (Å²) in [6, 6.07) is 21.7. The minimum Gasteiger partial charge on any atom is -0.402 e. The molecule has 3 heteroatoms. The van der Waals surface area contributed by atoms with Crippen LogP contribution in [0.15, 0.2) is 60.7 Å². The molecule has 0 bridgehead atoms. The molecule has 0 heterocycles. The standard InChI is InChI=1S/C26H34O2Si/c1-6-13-21-18-19-24(25(20-21)27-5)28-29(26(2,3)4,22-14-9-7-10-15-22)23-16-11-8-12-17-23/h7-12,14-17,21,24-25H,18-20H2,1-5H3/t21-,24-,25-/m1/s1. The van der Waals surface area contributed by atoms with Gasteiger partial charge in [0.25, 0.3) is 8.32 Å². The van der Waals surface area contributed by atoms with Crippen LogP contribution in [0.25, 0.3) is 0 Å². The second-order valence-corrected chi connectivity index (χ2v) is 13.3. The molecule has 1 saturated carbocycles. The van der Waals surface area contributed by atoms with Crippen molar-refractivity contribution in [3.63, 3.8) is 0 Å². The molecule has 1 aliphatic carbocycles. The van der Waals surface area contributed by atoms with Gasteiger partial charge in [-0.2, -0.15) is 0 Å². The van der Waals surface area contributed by atoms with Gasteiger partial charge in [0.15, 0.2) is 0 Å². The summed E-state index contributed by atoms with van der Waals surface area (Å²) in [5.74, 6) is 6.84. The zero-order valence-electron chi connectivity index (χ0n) is 18.4. The van der Waals surface area contributed by atoms with Gasteiger partial charge in [-0.15, -0.1) is 11.8 Å². The van der Waals surface area contributed by atoms with E-state index in [1.165, 1.54) is 10.4 Å². The summed E-state index contributed by atoms with van der Waals surface area (Å²) in [5.41, 5.74) is 0. The molecule has 0 spiro atoms. The number of methoxy groups -OCH3 is 1. The van der Waals surface area contributed by atoms with Gasteiger partial charge < -0.3 is 9.16 Å². The van der Waals surface area contributed by atoms with Crippen molar-refractivity contribution in [1.29, 1.82) is 0 Å². The minimum atomic E-state index is -2.55. The molecule has 0 unspecified atom stereocenters. The Hall–Kier alpha value is -1.86. The molecule has 2 nitrogen and oxygen atoms in total. The van der Waals surface area contributed by atoms with E-state index >= 15 is 0 Å². The van der Waals surface area contributed by atoms with E-state index in [0.717, 1.165) is 19.3 Å². The molecule has 2 aromatic rings. The maximum Gasteiger partial charge on any atom is 0.261 e. The molecule has 0 saturated heterocycles. The van der Waals surface area contributed by atoms with Crippen LogP contribution in [0.1, 0.15) is 47.0 Å². The third-order valence-corrected chi connectivity index (χ3v) is 11.2. The molecule has 0 aromatic heterocycles. The molecule has 3 rings (SSSR count). The number of hydrogen-bond acceptors (Lipinski definition) is 2. The molecule has 1 aliphatic rings. The molecular weight excluding hydrogens is 372 g/mol. The Morgan fingerprint density at radius 2 is 1.41 bits per heavy atom. The van der Waals surface area contributed by atoms with Crippen molar-refractivity contribution >= 4 is 18.7 Å². The smallest absolute Gasteiger partial charge is 0.261 e. The van der Waals surface area contributed by atoms with E-state index in [2.05, 4.69) is 93.3 Å². The molecule has 29 heavy (non-hydrogen) atoms. The van der Waals surface area contributed by atoms with E-state index in [9.17, 15) is 0 Å². The molecule has 0 N–H and O–H groups in total. The van der Waals surface area contributed by atoms with Crippen LogP contribution in [-0.2, 0) is 9.16 Å². The molecule has 2 aromatic carbocycles. The van der Waals surface area contributed by atoms with Gasteiger partial charge in [-0.25, -0.2) is 0 Å². The Labute approximate surface area is 177 Å². The van der Waals surface area contributed by atoms with E-state index in [1.54, 1.807) is 0 Å². The van der Waals surface area contributed by atoms with Crippen LogP contribution in [0.3, 0.4) is 0 Å². The van der Waals surface area contributed by atoms with Gasteiger partial charge in [-0.1, -0.05) is 81.4 Å². The monoisotopic (exact) mass is 406 g/mol. The lowest BCUT2D eigenvalue weighted by Gasteiger charge is -2.47. The number of ether oxygens (including phenoxy) is 1. The van der Waals surface area contributed by atoms with Crippen molar-refractivity contribution in [3.8, 4) is 11.8 Å². The van der Waals surface area contributed by atoms with Crippen LogP contribution in [0.2, 0.25) is 5.04 Å². The third-order valence-electron chi connectivity index (χ3n) is 6.13. The minimum absolute atomic E-state index is 0.0198. The highest BCUT2D eigenvalue weighted by molar-refractivity contribution is 6.99. The first-order valence-electron chi connectivity index (χ1n) is 10.7. The lowest BCUT2D eigenvalue weighted by atomic mass is 9.86. The van der Waals surface area contributed by atoms with Gasteiger partial charge >= 0.3 is 0 Å². The van der Waals surface area contributed by atoms with Crippen molar-refractivity contribution in [1.82, 2.24) is 0 Å². The van der Waals surface area contributed by atoms with Crippen molar-refractivity contribution in [2.45, 2.75) is 64.2 Å². The van der Waals surface area contributed by atoms with Gasteiger partial charge in [-0.05, 0) is 41.6 Å². The average molecular weight is 407 g/mol. The Morgan fingerprint density at radius 3 is 1.86 bits per heavy atom. The topological polar surface area (TPSA) is 18.5 Å². The summed E-state index contributed by atoms with van der Waals surface area (Å²) in [5, 5.41) is 2.63. The Morgan fingerprint density at radius 1 is 0.862 bits per heavy atom. The summed E-state index contributed by atoms with van der Waals surface area (Å²) < 4.78 is 13.3. The Bertz CT molecular complexity index is 790. The fourth-order valence-corrected chi connectivity index (χ4v) is 9.48. The third kappa shape index (κ3) is 4.51. The molecular formula is C26H34O2Si. The molecule has 0 amide bonds. The van der Waals surface area contributed by atoms with Crippen molar-refractivity contribution < 1.29 is 9.16 Å². The fraction of sp³-hybridized carbons (Fsp3) is 0.462. The second kappa shape index (κ2) is 9.30. The zero-order chi connectivity index (χ0) is 20.9. The summed E-state index contributed by atoms with van der Waals surface area (Å²) in [6.07, 6.45) is 3.17. The fourth-order valence-electron chi connectivity index (χ4n) is 4.74. The van der Waals surface area contributed by atoms with Crippen LogP contribution in [-0.4, -0.2) is 27.6 Å². The highest BCUT2D eigenvalue weighted by Gasteiger charge is 2.52. The van der Waals surface area contributed by atoms with E-state index < -0.39 is 8.32 Å². The SMILES string of the molecule is CC#C[C@@H]1CC[C@@H](O[Si](c2ccccc2)(c2ccccc2)C(C)(C)C)[C@H](OC)C1. The van der Waals surface area contributed by atoms with Gasteiger partial charge in [0.2, 0.25) is 0 Å². The number of hydrogen-bond donors (Lipinski definition) is 0. The summed E-state index contributed by atoms with van der Waals surface area (Å²) >= 11 is 0. The molecule has 0 aliphatic heterocycles. The lowest BCUT2D eigenvalue weighted by molar-refractivity contribution is -0.0356. The van der Waals surface area contributed by atoms with Crippen LogP contribution in [0.5, 0.6) is 0 Å². The highest BCUT2D eigenvalue weighted by Crippen LogP contribution is 2.40. The van der Waals surface area contributed by atoms with Crippen LogP contribution >= 0.6 is 0 Å².